The average Bonchev–Trinajstić information content (AvgIpc) is 3.37. The zero-order chi connectivity index (χ0) is 28.2. The van der Waals surface area contributed by atoms with Gasteiger partial charge in [-0.1, -0.05) is 117 Å². The van der Waals surface area contributed by atoms with Crippen molar-refractivity contribution in [3.05, 3.63) is 80.2 Å². The fraction of sp³-hybridized carbons (Fsp3) is 0.394. The Bertz CT molecular complexity index is 1390. The molecule has 4 aromatic rings. The van der Waals surface area contributed by atoms with E-state index in [-0.39, 0.29) is 5.75 Å². The minimum Gasteiger partial charge on any atom is -0.506 e. The Morgan fingerprint density at radius 3 is 2.25 bits per heavy atom. The van der Waals surface area contributed by atoms with Crippen LogP contribution < -0.4 is 0 Å². The second kappa shape index (κ2) is 16.7. The minimum atomic E-state index is 0.177. The van der Waals surface area contributed by atoms with Gasteiger partial charge >= 0.3 is 0 Å². The highest BCUT2D eigenvalue weighted by Gasteiger charge is 2.08. The predicted octanol–water partition coefficient (Wildman–Crippen LogP) is 12.0. The zero-order valence-electron chi connectivity index (χ0n) is 23.2. The van der Waals surface area contributed by atoms with Gasteiger partial charge in [-0.2, -0.15) is 0 Å². The molecule has 0 saturated heterocycles. The molecular formula is C33H38Br2N2OS2. The normalized spacial score (nSPS) is 11.7. The summed E-state index contributed by atoms with van der Waals surface area (Å²) in [5, 5.41) is 10.3. The van der Waals surface area contributed by atoms with E-state index in [0.29, 0.717) is 10.0 Å². The summed E-state index contributed by atoms with van der Waals surface area (Å²) < 4.78 is 3.69. The summed E-state index contributed by atoms with van der Waals surface area (Å²) in [5.74, 6) is 1.09. The third-order valence-corrected chi connectivity index (χ3v) is 10.3. The molecule has 0 unspecified atom stereocenters. The quantitative estimate of drug-likeness (QED) is 0.0718. The molecule has 1 heterocycles. The Morgan fingerprint density at radius 2 is 1.52 bits per heavy atom. The Kier molecular flexibility index (Phi) is 13.0. The highest BCUT2D eigenvalue weighted by Crippen LogP contribution is 2.34. The van der Waals surface area contributed by atoms with E-state index in [9.17, 15) is 5.11 Å². The Labute approximate surface area is 264 Å². The molecule has 0 amide bonds. The maximum Gasteiger partial charge on any atom is 0.151 e. The van der Waals surface area contributed by atoms with Crippen LogP contribution in [0.25, 0.3) is 10.2 Å². The second-order valence-corrected chi connectivity index (χ2v) is 14.3. The number of fused-ring (bicyclic) bond motifs is 1. The zero-order valence-corrected chi connectivity index (χ0v) is 28.0. The van der Waals surface area contributed by atoms with Crippen molar-refractivity contribution >= 4 is 77.1 Å². The van der Waals surface area contributed by atoms with Gasteiger partial charge in [-0.05, 0) is 70.2 Å². The van der Waals surface area contributed by atoms with Crippen molar-refractivity contribution in [2.45, 2.75) is 87.6 Å². The van der Waals surface area contributed by atoms with Crippen LogP contribution in [-0.2, 0) is 12.2 Å². The SMILES string of the molecule is CCCCCCCCCCCCc1ccc(CSc2nc3ccc(N=Cc4cc(Br)cc(Br)c4O)cc3s2)cc1. The molecule has 0 aliphatic carbocycles. The first kappa shape index (κ1) is 31.3. The van der Waals surface area contributed by atoms with Crippen LogP contribution >= 0.6 is 55.0 Å². The molecule has 3 nitrogen and oxygen atoms in total. The second-order valence-electron chi connectivity index (χ2n) is 10.3. The fourth-order valence-electron chi connectivity index (χ4n) is 4.63. The number of phenols is 1. The summed E-state index contributed by atoms with van der Waals surface area (Å²) in [6.07, 6.45) is 16.7. The van der Waals surface area contributed by atoms with Crippen LogP contribution in [-0.4, -0.2) is 16.3 Å². The smallest absolute Gasteiger partial charge is 0.151 e. The summed E-state index contributed by atoms with van der Waals surface area (Å²) in [6, 6.07) is 18.8. The molecule has 0 saturated carbocycles. The van der Waals surface area contributed by atoms with Gasteiger partial charge in [0.25, 0.3) is 0 Å². The van der Waals surface area contributed by atoms with E-state index in [4.69, 9.17) is 4.98 Å². The standard InChI is InChI=1S/C33H38Br2N2OS2/c1-2-3-4-5-6-7-8-9-10-11-12-24-13-15-25(16-14-24)23-39-33-37-30-18-17-28(21-31(30)40-33)36-22-26-19-27(34)20-29(35)32(26)38/h13-22,38H,2-12,23H2,1H3. The number of aromatic hydroxyl groups is 1. The van der Waals surface area contributed by atoms with Crippen LogP contribution in [0.5, 0.6) is 5.75 Å². The van der Waals surface area contributed by atoms with Gasteiger partial charge in [-0.25, -0.2) is 4.98 Å². The molecule has 0 bridgehead atoms. The van der Waals surface area contributed by atoms with Gasteiger partial charge in [-0.15, -0.1) is 11.3 Å². The first-order valence-electron chi connectivity index (χ1n) is 14.3. The molecule has 0 aliphatic heterocycles. The van der Waals surface area contributed by atoms with Gasteiger partial charge < -0.3 is 5.11 Å². The fourth-order valence-corrected chi connectivity index (χ4v) is 7.94. The van der Waals surface area contributed by atoms with Crippen LogP contribution in [0.3, 0.4) is 0 Å². The van der Waals surface area contributed by atoms with Gasteiger partial charge in [0.1, 0.15) is 5.75 Å². The van der Waals surface area contributed by atoms with Crippen LogP contribution in [0.15, 0.2) is 72.9 Å². The summed E-state index contributed by atoms with van der Waals surface area (Å²) in [7, 11) is 0. The molecule has 0 aliphatic rings. The number of aryl methyl sites for hydroxylation is 1. The minimum absolute atomic E-state index is 0.177. The molecule has 0 spiro atoms. The Hall–Kier alpha value is -1.67. The topological polar surface area (TPSA) is 45.5 Å². The van der Waals surface area contributed by atoms with Crippen LogP contribution in [0.2, 0.25) is 0 Å². The van der Waals surface area contributed by atoms with Crippen molar-refractivity contribution in [3.63, 3.8) is 0 Å². The predicted molar refractivity (Wildman–Crippen MR) is 182 cm³/mol. The van der Waals surface area contributed by atoms with E-state index in [1.54, 1.807) is 29.3 Å². The maximum absolute atomic E-state index is 10.3. The van der Waals surface area contributed by atoms with Gasteiger partial charge in [-0.3, -0.25) is 4.99 Å². The van der Waals surface area contributed by atoms with Gasteiger partial charge in [0.2, 0.25) is 0 Å². The molecule has 40 heavy (non-hydrogen) atoms. The highest BCUT2D eigenvalue weighted by atomic mass is 79.9. The monoisotopic (exact) mass is 700 g/mol. The summed E-state index contributed by atoms with van der Waals surface area (Å²) in [6.45, 7) is 2.28. The first-order chi connectivity index (χ1) is 19.5. The summed E-state index contributed by atoms with van der Waals surface area (Å²) in [5.41, 5.74) is 5.26. The number of hydrogen-bond donors (Lipinski definition) is 1. The molecule has 212 valence electrons. The number of rotatable bonds is 16. The van der Waals surface area contributed by atoms with Gasteiger partial charge in [0.15, 0.2) is 4.34 Å². The van der Waals surface area contributed by atoms with E-state index < -0.39 is 0 Å². The van der Waals surface area contributed by atoms with Crippen LogP contribution in [0.1, 0.15) is 87.8 Å². The largest absolute Gasteiger partial charge is 0.506 e. The summed E-state index contributed by atoms with van der Waals surface area (Å²) in [4.78, 5) is 9.39. The molecule has 7 heteroatoms. The molecular weight excluding hydrogens is 664 g/mol. The van der Waals surface area contributed by atoms with Crippen molar-refractivity contribution < 1.29 is 5.11 Å². The van der Waals surface area contributed by atoms with Gasteiger partial charge in [0, 0.05) is 22.0 Å². The number of aromatic nitrogens is 1. The van der Waals surface area contributed by atoms with E-state index in [1.807, 2.05) is 24.3 Å². The van der Waals surface area contributed by atoms with Crippen molar-refractivity contribution in [1.29, 1.82) is 0 Å². The number of phenolic OH excluding ortho intramolecular Hbond substituents is 1. The van der Waals surface area contributed by atoms with E-state index in [0.717, 1.165) is 30.5 Å². The number of nitrogens with zero attached hydrogens (tertiary/aromatic N) is 2. The molecule has 1 aromatic heterocycles. The molecule has 0 atom stereocenters. The molecule has 0 radical (unpaired) electrons. The number of unbranched alkanes of at least 4 members (excludes halogenated alkanes) is 9. The Morgan fingerprint density at radius 1 is 0.850 bits per heavy atom. The van der Waals surface area contributed by atoms with E-state index in [1.165, 1.54) is 81.8 Å². The average molecular weight is 703 g/mol. The van der Waals surface area contributed by atoms with Gasteiger partial charge in [0.05, 0.1) is 20.4 Å². The lowest BCUT2D eigenvalue weighted by atomic mass is 10.0. The highest BCUT2D eigenvalue weighted by molar-refractivity contribution is 9.11. The van der Waals surface area contributed by atoms with Crippen molar-refractivity contribution in [1.82, 2.24) is 4.98 Å². The lowest BCUT2D eigenvalue weighted by molar-refractivity contribution is 0.471. The first-order valence-corrected chi connectivity index (χ1v) is 17.7. The number of halogens is 2. The van der Waals surface area contributed by atoms with Crippen molar-refractivity contribution in [2.75, 3.05) is 0 Å². The number of thioether (sulfide) groups is 1. The molecule has 4 rings (SSSR count). The molecule has 1 N–H and O–H groups in total. The number of hydrogen-bond acceptors (Lipinski definition) is 5. The lowest BCUT2D eigenvalue weighted by Gasteiger charge is -2.05. The number of thiazole rings is 1. The van der Waals surface area contributed by atoms with Crippen LogP contribution in [0.4, 0.5) is 5.69 Å². The number of aliphatic imine (C=N–C) groups is 1. The van der Waals surface area contributed by atoms with Crippen molar-refractivity contribution in [2.24, 2.45) is 4.99 Å². The molecule has 0 fully saturated rings. The molecule has 3 aromatic carbocycles. The Balaban J connectivity index is 1.21. The lowest BCUT2D eigenvalue weighted by Crippen LogP contribution is -1.88. The maximum atomic E-state index is 10.3. The van der Waals surface area contributed by atoms with E-state index >= 15 is 0 Å². The number of benzene rings is 3. The summed E-state index contributed by atoms with van der Waals surface area (Å²) >= 11 is 10.3. The van der Waals surface area contributed by atoms with Crippen molar-refractivity contribution in [3.8, 4) is 5.75 Å². The van der Waals surface area contributed by atoms with Crippen LogP contribution in [0, 0.1) is 0 Å². The third kappa shape index (κ3) is 10.0. The van der Waals surface area contributed by atoms with E-state index in [2.05, 4.69) is 74.1 Å². The third-order valence-electron chi connectivity index (χ3n) is 6.97.